The van der Waals surface area contributed by atoms with E-state index in [2.05, 4.69) is 9.62 Å². The summed E-state index contributed by atoms with van der Waals surface area (Å²) in [5, 5.41) is 8.76. The second-order valence-electron chi connectivity index (χ2n) is 4.55. The van der Waals surface area contributed by atoms with Gasteiger partial charge in [-0.15, -0.1) is 0 Å². The Hall–Kier alpha value is -1.42. The highest BCUT2D eigenvalue weighted by molar-refractivity contribution is 7.89. The fourth-order valence-electron chi connectivity index (χ4n) is 1.58. The molecule has 0 atom stereocenters. The molecule has 0 radical (unpaired) electrons. The van der Waals surface area contributed by atoms with E-state index < -0.39 is 10.0 Å². The topological polar surface area (TPSA) is 73.2 Å². The molecule has 0 bridgehead atoms. The van der Waals surface area contributed by atoms with Crippen LogP contribution in [0.3, 0.4) is 0 Å². The number of nitrogens with one attached hydrogen (secondary N) is 1. The first-order valence-corrected chi connectivity index (χ1v) is 7.58. The summed E-state index contributed by atoms with van der Waals surface area (Å²) >= 11 is 0. The van der Waals surface area contributed by atoms with Gasteiger partial charge in [-0.1, -0.05) is 6.07 Å². The van der Waals surface area contributed by atoms with Crippen molar-refractivity contribution in [3.8, 4) is 6.07 Å². The fraction of sp³-hybridized carbons (Fsp3) is 0.462. The summed E-state index contributed by atoms with van der Waals surface area (Å²) in [5.74, 6) is 0. The summed E-state index contributed by atoms with van der Waals surface area (Å²) in [6, 6.07) is 7.94. The zero-order chi connectivity index (χ0) is 14.3. The summed E-state index contributed by atoms with van der Waals surface area (Å²) in [4.78, 5) is 2.20. The van der Waals surface area contributed by atoms with Crippen LogP contribution in [0.15, 0.2) is 29.2 Å². The third-order valence-corrected chi connectivity index (χ3v) is 4.06. The Kier molecular flexibility index (Phi) is 5.96. The number of unbranched alkanes of at least 4 members (excludes halogenated alkanes) is 1. The van der Waals surface area contributed by atoms with E-state index in [0.717, 1.165) is 19.4 Å². The molecule has 0 heterocycles. The zero-order valence-corrected chi connectivity index (χ0v) is 12.1. The SMILES string of the molecule is CN(C)CCCCNS(=O)(=O)c1cccc(C#N)c1. The molecule has 1 aromatic carbocycles. The summed E-state index contributed by atoms with van der Waals surface area (Å²) in [6.45, 7) is 1.35. The molecule has 0 aliphatic heterocycles. The molecule has 0 amide bonds. The number of hydrogen-bond donors (Lipinski definition) is 1. The quantitative estimate of drug-likeness (QED) is 0.762. The molecular formula is C13H19N3O2S. The number of nitriles is 1. The lowest BCUT2D eigenvalue weighted by Gasteiger charge is -2.10. The zero-order valence-electron chi connectivity index (χ0n) is 11.3. The van der Waals surface area contributed by atoms with E-state index in [9.17, 15) is 8.42 Å². The minimum Gasteiger partial charge on any atom is -0.309 e. The third kappa shape index (κ3) is 5.39. The maximum Gasteiger partial charge on any atom is 0.240 e. The van der Waals surface area contributed by atoms with Gasteiger partial charge in [0, 0.05) is 6.54 Å². The predicted molar refractivity (Wildman–Crippen MR) is 74.1 cm³/mol. The maximum atomic E-state index is 12.0. The fourth-order valence-corrected chi connectivity index (χ4v) is 2.70. The molecule has 1 N–H and O–H groups in total. The molecule has 0 aliphatic rings. The number of rotatable bonds is 7. The Bertz CT molecular complexity index is 547. The summed E-state index contributed by atoms with van der Waals surface area (Å²) in [5.41, 5.74) is 0.343. The molecule has 0 unspecified atom stereocenters. The third-order valence-electron chi connectivity index (χ3n) is 2.60. The molecule has 0 fully saturated rings. The first-order chi connectivity index (χ1) is 8.95. The van der Waals surface area contributed by atoms with Crippen molar-refractivity contribution in [3.05, 3.63) is 29.8 Å². The average Bonchev–Trinajstić information content (AvgIpc) is 2.38. The first kappa shape index (κ1) is 15.6. The van der Waals surface area contributed by atoms with Crippen molar-refractivity contribution >= 4 is 10.0 Å². The minimum atomic E-state index is -3.51. The molecule has 104 valence electrons. The van der Waals surface area contributed by atoms with Crippen molar-refractivity contribution in [1.82, 2.24) is 9.62 Å². The molecule has 6 heteroatoms. The van der Waals surface area contributed by atoms with Gasteiger partial charge in [0.15, 0.2) is 0 Å². The van der Waals surface area contributed by atoms with Crippen LogP contribution < -0.4 is 4.72 Å². The van der Waals surface area contributed by atoms with E-state index in [4.69, 9.17) is 5.26 Å². The maximum absolute atomic E-state index is 12.0. The number of benzene rings is 1. The van der Waals surface area contributed by atoms with Gasteiger partial charge >= 0.3 is 0 Å². The summed E-state index contributed by atoms with van der Waals surface area (Å²) in [7, 11) is 0.459. The van der Waals surface area contributed by atoms with Gasteiger partial charge in [-0.05, 0) is 51.7 Å². The van der Waals surface area contributed by atoms with Crippen LogP contribution in [0.4, 0.5) is 0 Å². The Morgan fingerprint density at radius 2 is 2.05 bits per heavy atom. The molecule has 1 rings (SSSR count). The van der Waals surface area contributed by atoms with Crippen molar-refractivity contribution in [1.29, 1.82) is 5.26 Å². The average molecular weight is 281 g/mol. The molecule has 5 nitrogen and oxygen atoms in total. The van der Waals surface area contributed by atoms with Crippen LogP contribution in [-0.4, -0.2) is 40.5 Å². The van der Waals surface area contributed by atoms with Gasteiger partial charge in [0.05, 0.1) is 16.5 Å². The second-order valence-corrected chi connectivity index (χ2v) is 6.31. The highest BCUT2D eigenvalue weighted by Gasteiger charge is 2.13. The van der Waals surface area contributed by atoms with Gasteiger partial charge in [0.1, 0.15) is 0 Å². The molecule has 0 aromatic heterocycles. The van der Waals surface area contributed by atoms with E-state index >= 15 is 0 Å². The molecular weight excluding hydrogens is 262 g/mol. The largest absolute Gasteiger partial charge is 0.309 e. The summed E-state index contributed by atoms with van der Waals surface area (Å²) in [6.07, 6.45) is 1.73. The van der Waals surface area contributed by atoms with Crippen LogP contribution in [0.5, 0.6) is 0 Å². The highest BCUT2D eigenvalue weighted by atomic mass is 32.2. The van der Waals surface area contributed by atoms with Gasteiger partial charge in [-0.25, -0.2) is 13.1 Å². The number of hydrogen-bond acceptors (Lipinski definition) is 4. The standard InChI is InChI=1S/C13H19N3O2S/c1-16(2)9-4-3-8-15-19(17,18)13-7-5-6-12(10-13)11-14/h5-7,10,15H,3-4,8-9H2,1-2H3. The van der Waals surface area contributed by atoms with Crippen molar-refractivity contribution in [2.24, 2.45) is 0 Å². The van der Waals surface area contributed by atoms with Crippen LogP contribution >= 0.6 is 0 Å². The molecule has 1 aromatic rings. The van der Waals surface area contributed by atoms with Crippen LogP contribution in [0.1, 0.15) is 18.4 Å². The van der Waals surface area contributed by atoms with Crippen LogP contribution in [0.2, 0.25) is 0 Å². The van der Waals surface area contributed by atoms with E-state index in [0.29, 0.717) is 12.1 Å². The molecule has 0 saturated carbocycles. The van der Waals surface area contributed by atoms with E-state index in [1.165, 1.54) is 12.1 Å². The Morgan fingerprint density at radius 1 is 1.32 bits per heavy atom. The van der Waals surface area contributed by atoms with Gasteiger partial charge < -0.3 is 4.90 Å². The van der Waals surface area contributed by atoms with E-state index in [1.54, 1.807) is 12.1 Å². The molecule has 0 spiro atoms. The summed E-state index contributed by atoms with van der Waals surface area (Å²) < 4.78 is 26.5. The first-order valence-electron chi connectivity index (χ1n) is 6.10. The van der Waals surface area contributed by atoms with Gasteiger partial charge in [-0.3, -0.25) is 0 Å². The lowest BCUT2D eigenvalue weighted by atomic mass is 10.2. The van der Waals surface area contributed by atoms with Gasteiger partial charge in [0.25, 0.3) is 0 Å². The lowest BCUT2D eigenvalue weighted by molar-refractivity contribution is 0.394. The number of nitrogens with zero attached hydrogens (tertiary/aromatic N) is 2. The predicted octanol–water partition coefficient (Wildman–Crippen LogP) is 1.18. The Balaban J connectivity index is 2.54. The lowest BCUT2D eigenvalue weighted by Crippen LogP contribution is -2.25. The Morgan fingerprint density at radius 3 is 2.68 bits per heavy atom. The van der Waals surface area contributed by atoms with Crippen LogP contribution in [-0.2, 0) is 10.0 Å². The van der Waals surface area contributed by atoms with Crippen molar-refractivity contribution in [2.45, 2.75) is 17.7 Å². The molecule has 0 saturated heterocycles. The molecule has 19 heavy (non-hydrogen) atoms. The number of sulfonamides is 1. The van der Waals surface area contributed by atoms with Crippen molar-refractivity contribution < 1.29 is 8.42 Å². The smallest absolute Gasteiger partial charge is 0.240 e. The van der Waals surface area contributed by atoms with Crippen molar-refractivity contribution in [2.75, 3.05) is 27.2 Å². The van der Waals surface area contributed by atoms with Crippen molar-refractivity contribution in [3.63, 3.8) is 0 Å². The normalized spacial score (nSPS) is 11.5. The highest BCUT2D eigenvalue weighted by Crippen LogP contribution is 2.10. The second kappa shape index (κ2) is 7.24. The minimum absolute atomic E-state index is 0.138. The van der Waals surface area contributed by atoms with Crippen LogP contribution in [0, 0.1) is 11.3 Å². The van der Waals surface area contributed by atoms with E-state index in [-0.39, 0.29) is 4.90 Å². The van der Waals surface area contributed by atoms with Gasteiger partial charge in [0.2, 0.25) is 10.0 Å². The molecule has 0 aliphatic carbocycles. The Labute approximate surface area is 114 Å². The monoisotopic (exact) mass is 281 g/mol. The van der Waals surface area contributed by atoms with E-state index in [1.807, 2.05) is 20.2 Å². The van der Waals surface area contributed by atoms with Gasteiger partial charge in [-0.2, -0.15) is 5.26 Å². The van der Waals surface area contributed by atoms with Crippen LogP contribution in [0.25, 0.3) is 0 Å².